The third-order valence-corrected chi connectivity index (χ3v) is 6.18. The van der Waals surface area contributed by atoms with Crippen molar-refractivity contribution in [2.75, 3.05) is 17.2 Å². The number of amides is 2. The molecule has 0 saturated heterocycles. The maximum Gasteiger partial charge on any atom is 0.240 e. The molecule has 2 amide bonds. The van der Waals surface area contributed by atoms with Gasteiger partial charge in [-0.15, -0.1) is 0 Å². The van der Waals surface area contributed by atoms with Crippen LogP contribution in [-0.4, -0.2) is 26.8 Å². The van der Waals surface area contributed by atoms with E-state index in [-0.39, 0.29) is 35.6 Å². The van der Waals surface area contributed by atoms with Crippen molar-refractivity contribution in [3.05, 3.63) is 66.7 Å². The van der Waals surface area contributed by atoms with Crippen LogP contribution in [0.4, 0.5) is 11.4 Å². The molecule has 0 aliphatic carbocycles. The average Bonchev–Trinajstić information content (AvgIpc) is 2.74. The molecule has 0 atom stereocenters. The fourth-order valence-electron chi connectivity index (χ4n) is 3.16. The summed E-state index contributed by atoms with van der Waals surface area (Å²) in [5, 5.41) is 7.31. The predicted molar refractivity (Wildman–Crippen MR) is 127 cm³/mol. The van der Waals surface area contributed by atoms with Crippen molar-refractivity contribution in [3.8, 4) is 0 Å². The monoisotopic (exact) mass is 453 g/mol. The van der Waals surface area contributed by atoms with Crippen LogP contribution in [0, 0.1) is 5.92 Å². The van der Waals surface area contributed by atoms with Crippen LogP contribution >= 0.6 is 0 Å². The minimum Gasteiger partial charge on any atom is -0.326 e. The van der Waals surface area contributed by atoms with Gasteiger partial charge in [-0.3, -0.25) is 9.59 Å². The number of carbonyl (C=O) groups is 2. The molecule has 8 heteroatoms. The highest BCUT2D eigenvalue weighted by atomic mass is 32.2. The van der Waals surface area contributed by atoms with Crippen molar-refractivity contribution in [1.82, 2.24) is 4.72 Å². The largest absolute Gasteiger partial charge is 0.326 e. The lowest BCUT2D eigenvalue weighted by molar-refractivity contribution is -0.117. The first-order valence-corrected chi connectivity index (χ1v) is 11.9. The van der Waals surface area contributed by atoms with Crippen LogP contribution in [0.3, 0.4) is 0 Å². The Morgan fingerprint density at radius 3 is 2.03 bits per heavy atom. The Balaban J connectivity index is 1.49. The Bertz CT molecular complexity index is 1210. The molecular formula is C24H27N3O4S. The van der Waals surface area contributed by atoms with Gasteiger partial charge >= 0.3 is 0 Å². The lowest BCUT2D eigenvalue weighted by atomic mass is 10.1. The molecule has 0 aliphatic heterocycles. The van der Waals surface area contributed by atoms with Gasteiger partial charge in [0.1, 0.15) is 0 Å². The molecule has 0 heterocycles. The Morgan fingerprint density at radius 1 is 0.812 bits per heavy atom. The van der Waals surface area contributed by atoms with Crippen LogP contribution in [-0.2, 0) is 19.6 Å². The summed E-state index contributed by atoms with van der Waals surface area (Å²) in [5.41, 5.74) is 1.21. The summed E-state index contributed by atoms with van der Waals surface area (Å²) in [6.45, 7) is 3.92. The van der Waals surface area contributed by atoms with Crippen LogP contribution in [0.15, 0.2) is 71.6 Å². The van der Waals surface area contributed by atoms with Gasteiger partial charge in [-0.05, 0) is 53.1 Å². The number of carbonyl (C=O) groups excluding carboxylic acids is 2. The second-order valence-corrected chi connectivity index (χ2v) is 9.70. The average molecular weight is 454 g/mol. The van der Waals surface area contributed by atoms with Gasteiger partial charge in [0.2, 0.25) is 21.8 Å². The molecule has 0 aliphatic rings. The third-order valence-electron chi connectivity index (χ3n) is 4.72. The van der Waals surface area contributed by atoms with Crippen molar-refractivity contribution in [2.45, 2.75) is 31.6 Å². The lowest BCUT2D eigenvalue weighted by Gasteiger charge is -2.10. The van der Waals surface area contributed by atoms with Crippen molar-refractivity contribution in [2.24, 2.45) is 5.92 Å². The summed E-state index contributed by atoms with van der Waals surface area (Å²) in [5.74, 6) is -0.106. The van der Waals surface area contributed by atoms with Crippen molar-refractivity contribution >= 4 is 44.0 Å². The number of fused-ring (bicyclic) bond motifs is 1. The summed E-state index contributed by atoms with van der Waals surface area (Å²) in [4.78, 5) is 24.2. The van der Waals surface area contributed by atoms with Crippen LogP contribution in [0.25, 0.3) is 10.8 Å². The number of sulfonamides is 1. The first kappa shape index (κ1) is 23.4. The van der Waals surface area contributed by atoms with Crippen LogP contribution in [0.2, 0.25) is 0 Å². The van der Waals surface area contributed by atoms with E-state index in [9.17, 15) is 18.0 Å². The SMILES string of the molecule is CC(C)CC(=O)Nc1ccc(NC(=O)CCNS(=O)(=O)c2ccc3ccccc3c2)cc1. The molecule has 3 rings (SSSR count). The van der Waals surface area contributed by atoms with E-state index in [4.69, 9.17) is 0 Å². The van der Waals surface area contributed by atoms with Gasteiger partial charge in [-0.1, -0.05) is 44.2 Å². The number of nitrogens with one attached hydrogen (secondary N) is 3. The molecule has 0 fully saturated rings. The summed E-state index contributed by atoms with van der Waals surface area (Å²) >= 11 is 0. The topological polar surface area (TPSA) is 104 Å². The number of benzene rings is 3. The molecule has 168 valence electrons. The lowest BCUT2D eigenvalue weighted by Crippen LogP contribution is -2.27. The molecule has 0 saturated carbocycles. The molecule has 0 unspecified atom stereocenters. The molecule has 7 nitrogen and oxygen atoms in total. The Labute approximate surface area is 188 Å². The molecule has 32 heavy (non-hydrogen) atoms. The van der Waals surface area contributed by atoms with E-state index in [0.29, 0.717) is 17.8 Å². The Kier molecular flexibility index (Phi) is 7.61. The van der Waals surface area contributed by atoms with Crippen molar-refractivity contribution in [1.29, 1.82) is 0 Å². The fraction of sp³-hybridized carbons (Fsp3) is 0.250. The maximum atomic E-state index is 12.5. The molecule has 0 bridgehead atoms. The number of hydrogen-bond acceptors (Lipinski definition) is 4. The van der Waals surface area contributed by atoms with Crippen molar-refractivity contribution in [3.63, 3.8) is 0 Å². The number of anilines is 2. The summed E-state index contributed by atoms with van der Waals surface area (Å²) < 4.78 is 27.5. The van der Waals surface area contributed by atoms with Gasteiger partial charge in [-0.25, -0.2) is 13.1 Å². The molecule has 3 aromatic rings. The molecular weight excluding hydrogens is 426 g/mol. The number of hydrogen-bond donors (Lipinski definition) is 3. The fourth-order valence-corrected chi connectivity index (χ4v) is 4.23. The first-order chi connectivity index (χ1) is 15.2. The Morgan fingerprint density at radius 2 is 1.41 bits per heavy atom. The van der Waals surface area contributed by atoms with Gasteiger partial charge in [0.25, 0.3) is 0 Å². The maximum absolute atomic E-state index is 12.5. The third kappa shape index (κ3) is 6.63. The van der Waals surface area contributed by atoms with Gasteiger partial charge in [0.05, 0.1) is 4.90 Å². The first-order valence-electron chi connectivity index (χ1n) is 10.4. The smallest absolute Gasteiger partial charge is 0.240 e. The zero-order valence-corrected chi connectivity index (χ0v) is 18.9. The second-order valence-electron chi connectivity index (χ2n) is 7.93. The molecule has 0 aromatic heterocycles. The standard InChI is InChI=1S/C24H27N3O4S/c1-17(2)15-24(29)27-21-10-8-20(9-11-21)26-23(28)13-14-25-32(30,31)22-12-7-18-5-3-4-6-19(18)16-22/h3-12,16-17,25H,13-15H2,1-2H3,(H,26,28)(H,27,29). The van der Waals surface area contributed by atoms with E-state index in [1.165, 1.54) is 0 Å². The normalized spacial score (nSPS) is 11.5. The second kappa shape index (κ2) is 10.4. The summed E-state index contributed by atoms with van der Waals surface area (Å²) in [7, 11) is -3.72. The van der Waals surface area contributed by atoms with E-state index >= 15 is 0 Å². The summed E-state index contributed by atoms with van der Waals surface area (Å²) in [6, 6.07) is 19.2. The van der Waals surface area contributed by atoms with Crippen LogP contribution in [0.1, 0.15) is 26.7 Å². The van der Waals surface area contributed by atoms with E-state index in [1.54, 1.807) is 42.5 Å². The number of rotatable bonds is 9. The van der Waals surface area contributed by atoms with E-state index in [1.807, 2.05) is 38.1 Å². The van der Waals surface area contributed by atoms with E-state index in [0.717, 1.165) is 10.8 Å². The minimum atomic E-state index is -3.72. The Hall–Kier alpha value is -3.23. The van der Waals surface area contributed by atoms with Gasteiger partial charge in [0.15, 0.2) is 0 Å². The highest BCUT2D eigenvalue weighted by molar-refractivity contribution is 7.89. The predicted octanol–water partition coefficient (Wildman–Crippen LogP) is 4.13. The molecule has 3 aromatic carbocycles. The quantitative estimate of drug-likeness (QED) is 0.453. The van der Waals surface area contributed by atoms with Crippen LogP contribution < -0.4 is 15.4 Å². The van der Waals surface area contributed by atoms with Gasteiger partial charge in [-0.2, -0.15) is 0 Å². The highest BCUT2D eigenvalue weighted by Gasteiger charge is 2.15. The molecule has 0 spiro atoms. The zero-order valence-electron chi connectivity index (χ0n) is 18.1. The van der Waals surface area contributed by atoms with E-state index < -0.39 is 10.0 Å². The van der Waals surface area contributed by atoms with E-state index in [2.05, 4.69) is 15.4 Å². The summed E-state index contributed by atoms with van der Waals surface area (Å²) in [6.07, 6.45) is 0.424. The zero-order chi connectivity index (χ0) is 23.1. The van der Waals surface area contributed by atoms with Gasteiger partial charge < -0.3 is 10.6 Å². The van der Waals surface area contributed by atoms with Crippen molar-refractivity contribution < 1.29 is 18.0 Å². The highest BCUT2D eigenvalue weighted by Crippen LogP contribution is 2.19. The van der Waals surface area contributed by atoms with Crippen LogP contribution in [0.5, 0.6) is 0 Å². The molecule has 3 N–H and O–H groups in total. The van der Waals surface area contributed by atoms with Gasteiger partial charge in [0, 0.05) is 30.8 Å². The molecule has 0 radical (unpaired) electrons. The minimum absolute atomic E-state index is 0.0142.